The molecule has 0 spiro atoms. The van der Waals surface area contributed by atoms with Gasteiger partial charge in [-0.3, -0.25) is 9.59 Å². The molecule has 6 atom stereocenters. The number of carbonyl (C=O) groups is 2. The van der Waals surface area contributed by atoms with Gasteiger partial charge in [0.25, 0.3) is 0 Å². The van der Waals surface area contributed by atoms with Gasteiger partial charge >= 0.3 is 11.9 Å². The molecule has 0 unspecified atom stereocenters. The minimum atomic E-state index is -1.59. The van der Waals surface area contributed by atoms with Gasteiger partial charge in [-0.05, 0) is 38.5 Å². The highest BCUT2D eigenvalue weighted by molar-refractivity contribution is 5.70. The van der Waals surface area contributed by atoms with E-state index >= 15 is 0 Å². The molecule has 53 heavy (non-hydrogen) atoms. The molecule has 10 nitrogen and oxygen atoms in total. The van der Waals surface area contributed by atoms with Crippen LogP contribution in [0, 0.1) is 0 Å². The Morgan fingerprint density at radius 2 is 1.00 bits per heavy atom. The average molecular weight is 757 g/mol. The highest BCUT2D eigenvalue weighted by atomic mass is 16.7. The molecule has 0 saturated carbocycles. The molecule has 1 saturated heterocycles. The lowest BCUT2D eigenvalue weighted by molar-refractivity contribution is -0.305. The molecule has 10 heteroatoms. The average Bonchev–Trinajstić information content (AvgIpc) is 3.15. The van der Waals surface area contributed by atoms with Crippen LogP contribution in [-0.2, 0) is 28.5 Å². The van der Waals surface area contributed by atoms with Crippen LogP contribution < -0.4 is 0 Å². The molecule has 0 aromatic rings. The molecule has 0 radical (unpaired) electrons. The van der Waals surface area contributed by atoms with Gasteiger partial charge in [-0.25, -0.2) is 0 Å². The fraction of sp³-hybridized carbons (Fsp3) is 0.907. The van der Waals surface area contributed by atoms with E-state index in [0.717, 1.165) is 57.8 Å². The molecule has 0 amide bonds. The summed E-state index contributed by atoms with van der Waals surface area (Å²) in [5.41, 5.74) is 0. The molecule has 4 N–H and O–H groups in total. The summed E-state index contributed by atoms with van der Waals surface area (Å²) in [5, 5.41) is 40.0. The molecule has 1 aliphatic rings. The minimum Gasteiger partial charge on any atom is -0.462 e. The van der Waals surface area contributed by atoms with Crippen LogP contribution in [0.2, 0.25) is 0 Å². The van der Waals surface area contributed by atoms with Gasteiger partial charge < -0.3 is 39.4 Å². The van der Waals surface area contributed by atoms with E-state index in [2.05, 4.69) is 26.0 Å². The van der Waals surface area contributed by atoms with Crippen molar-refractivity contribution in [3.05, 3.63) is 12.2 Å². The molecule has 1 heterocycles. The summed E-state index contributed by atoms with van der Waals surface area (Å²) in [4.78, 5) is 25.3. The van der Waals surface area contributed by atoms with E-state index in [4.69, 9.17) is 18.9 Å². The molecular weight excluding hydrogens is 676 g/mol. The van der Waals surface area contributed by atoms with Crippen molar-refractivity contribution in [3.63, 3.8) is 0 Å². The first kappa shape index (κ1) is 49.5. The number of hydrogen-bond acceptors (Lipinski definition) is 10. The summed E-state index contributed by atoms with van der Waals surface area (Å²) in [7, 11) is 0. The molecule has 1 fully saturated rings. The van der Waals surface area contributed by atoms with Crippen LogP contribution in [0.4, 0.5) is 0 Å². The molecule has 312 valence electrons. The largest absolute Gasteiger partial charge is 0.462 e. The second-order valence-corrected chi connectivity index (χ2v) is 15.2. The Hall–Kier alpha value is -1.56. The van der Waals surface area contributed by atoms with Gasteiger partial charge in [0, 0.05) is 12.8 Å². The van der Waals surface area contributed by atoms with Crippen molar-refractivity contribution in [1.29, 1.82) is 0 Å². The van der Waals surface area contributed by atoms with Crippen LogP contribution in [-0.4, -0.2) is 89.0 Å². The van der Waals surface area contributed by atoms with Crippen molar-refractivity contribution < 1.29 is 49.0 Å². The van der Waals surface area contributed by atoms with Crippen LogP contribution >= 0.6 is 0 Å². The zero-order chi connectivity index (χ0) is 38.8. The minimum absolute atomic E-state index is 0.217. The van der Waals surface area contributed by atoms with E-state index < -0.39 is 49.4 Å². The molecule has 0 aromatic heterocycles. The predicted octanol–water partition coefficient (Wildman–Crippen LogP) is 8.78. The first-order valence-electron chi connectivity index (χ1n) is 21.8. The number of allylic oxidation sites excluding steroid dienone is 2. The van der Waals surface area contributed by atoms with Crippen LogP contribution in [0.5, 0.6) is 0 Å². The second-order valence-electron chi connectivity index (χ2n) is 15.2. The van der Waals surface area contributed by atoms with E-state index in [9.17, 15) is 30.0 Å². The Bertz CT molecular complexity index is 881. The van der Waals surface area contributed by atoms with E-state index in [0.29, 0.717) is 6.42 Å². The zero-order valence-electron chi connectivity index (χ0n) is 33.8. The maximum absolute atomic E-state index is 12.7. The van der Waals surface area contributed by atoms with Crippen molar-refractivity contribution >= 4 is 11.9 Å². The van der Waals surface area contributed by atoms with Gasteiger partial charge in [0.1, 0.15) is 31.0 Å². The van der Waals surface area contributed by atoms with E-state index in [1.807, 2.05) is 0 Å². The fourth-order valence-electron chi connectivity index (χ4n) is 6.65. The van der Waals surface area contributed by atoms with Crippen molar-refractivity contribution in [2.24, 2.45) is 0 Å². The van der Waals surface area contributed by atoms with Crippen LogP contribution in [0.1, 0.15) is 194 Å². The lowest BCUT2D eigenvalue weighted by Crippen LogP contribution is -2.59. The zero-order valence-corrected chi connectivity index (χ0v) is 33.8. The molecule has 1 aliphatic heterocycles. The summed E-state index contributed by atoms with van der Waals surface area (Å²) in [5.74, 6) is -0.809. The first-order valence-corrected chi connectivity index (χ1v) is 21.8. The van der Waals surface area contributed by atoms with Crippen molar-refractivity contribution in [2.75, 3.05) is 19.8 Å². The third-order valence-corrected chi connectivity index (χ3v) is 10.2. The van der Waals surface area contributed by atoms with E-state index in [1.165, 1.54) is 103 Å². The van der Waals surface area contributed by atoms with Crippen molar-refractivity contribution in [3.8, 4) is 0 Å². The number of esters is 2. The van der Waals surface area contributed by atoms with Gasteiger partial charge in [-0.1, -0.05) is 154 Å². The number of unbranched alkanes of at least 4 members (excludes halogenated alkanes) is 23. The molecular formula is C43H80O10. The predicted molar refractivity (Wildman–Crippen MR) is 210 cm³/mol. The smallest absolute Gasteiger partial charge is 0.306 e. The Labute approximate surface area is 322 Å². The van der Waals surface area contributed by atoms with Gasteiger partial charge in [-0.2, -0.15) is 0 Å². The van der Waals surface area contributed by atoms with Gasteiger partial charge in [-0.15, -0.1) is 0 Å². The number of rotatable bonds is 36. The number of ether oxygens (including phenoxy) is 4. The Balaban J connectivity index is 2.34. The number of hydrogen-bond donors (Lipinski definition) is 4. The first-order chi connectivity index (χ1) is 25.8. The highest BCUT2D eigenvalue weighted by Gasteiger charge is 2.44. The van der Waals surface area contributed by atoms with Gasteiger partial charge in [0.2, 0.25) is 0 Å². The maximum Gasteiger partial charge on any atom is 0.306 e. The van der Waals surface area contributed by atoms with Crippen molar-refractivity contribution in [1.82, 2.24) is 0 Å². The van der Waals surface area contributed by atoms with Crippen LogP contribution in [0.15, 0.2) is 12.2 Å². The van der Waals surface area contributed by atoms with E-state index in [1.54, 1.807) is 0 Å². The Kier molecular flexibility index (Phi) is 32.6. The molecule has 1 rings (SSSR count). The lowest BCUT2D eigenvalue weighted by atomic mass is 9.99. The maximum atomic E-state index is 12.7. The number of carbonyl (C=O) groups excluding carboxylic acids is 2. The standard InChI is InChI=1S/C43H80O10/c1-3-5-7-9-11-13-15-17-18-20-21-23-25-27-29-31-38(45)50-34-36(35-51-43-42(49)41(48)40(47)37(33-44)53-43)52-39(46)32-30-28-26-24-22-19-16-14-12-10-8-6-4-2/h17-18,36-37,40-44,47-49H,3-16,19-35H2,1-2H3/b18-17-/t36-,37+,40-,41-,42+,43-/m0/s1. The van der Waals surface area contributed by atoms with Crippen LogP contribution in [0.3, 0.4) is 0 Å². The van der Waals surface area contributed by atoms with Crippen LogP contribution in [0.25, 0.3) is 0 Å². The summed E-state index contributed by atoms with van der Waals surface area (Å²) >= 11 is 0. The summed E-state index contributed by atoms with van der Waals surface area (Å²) in [6.45, 7) is 3.41. The Morgan fingerprint density at radius 3 is 1.47 bits per heavy atom. The normalized spacial score (nSPS) is 20.9. The van der Waals surface area contributed by atoms with Gasteiger partial charge in [0.15, 0.2) is 12.4 Å². The van der Waals surface area contributed by atoms with E-state index in [-0.39, 0.29) is 32.0 Å². The lowest BCUT2D eigenvalue weighted by Gasteiger charge is -2.39. The summed E-state index contributed by atoms with van der Waals surface area (Å²) in [6, 6.07) is 0. The fourth-order valence-corrected chi connectivity index (χ4v) is 6.65. The summed E-state index contributed by atoms with van der Waals surface area (Å²) in [6.07, 6.45) is 27.9. The Morgan fingerprint density at radius 1 is 0.566 bits per heavy atom. The number of aliphatic hydroxyl groups excluding tert-OH is 4. The molecule has 0 aliphatic carbocycles. The third kappa shape index (κ3) is 26.8. The van der Waals surface area contributed by atoms with Gasteiger partial charge in [0.05, 0.1) is 13.2 Å². The molecule has 0 bridgehead atoms. The number of aliphatic hydroxyl groups is 4. The second kappa shape index (κ2) is 34.9. The highest BCUT2D eigenvalue weighted by Crippen LogP contribution is 2.23. The third-order valence-electron chi connectivity index (χ3n) is 10.2. The SMILES string of the molecule is CCCCCCCC/C=C\CCCCCCCC(=O)OC[C@@H](CO[C@H]1O[C@H](CO)[C@H](O)[C@H](O)[C@H]1O)OC(=O)CCCCCCCCCCCCCCC. The summed E-state index contributed by atoms with van der Waals surface area (Å²) < 4.78 is 22.1. The topological polar surface area (TPSA) is 152 Å². The van der Waals surface area contributed by atoms with Crippen molar-refractivity contribution in [2.45, 2.75) is 230 Å². The monoisotopic (exact) mass is 757 g/mol. The molecule has 0 aromatic carbocycles. The quantitative estimate of drug-likeness (QED) is 0.0277.